The summed E-state index contributed by atoms with van der Waals surface area (Å²) in [4.78, 5) is 4.07. The molecular formula is C15H17FN4O. The zero-order valence-corrected chi connectivity index (χ0v) is 11.6. The zero-order valence-electron chi connectivity index (χ0n) is 11.6. The number of oxime groups is 1. The van der Waals surface area contributed by atoms with Gasteiger partial charge in [0.1, 0.15) is 5.82 Å². The average Bonchev–Trinajstić information content (AvgIpc) is 2.53. The second-order valence-electron chi connectivity index (χ2n) is 4.68. The summed E-state index contributed by atoms with van der Waals surface area (Å²) in [5, 5.41) is 15.0. The molecule has 0 aliphatic carbocycles. The predicted molar refractivity (Wildman–Crippen MR) is 78.4 cm³/mol. The van der Waals surface area contributed by atoms with E-state index in [0.717, 1.165) is 11.1 Å². The van der Waals surface area contributed by atoms with Crippen molar-refractivity contribution < 1.29 is 9.60 Å². The Morgan fingerprint density at radius 2 is 2.29 bits per heavy atom. The van der Waals surface area contributed by atoms with Gasteiger partial charge in [-0.1, -0.05) is 17.3 Å². The molecule has 0 amide bonds. The highest BCUT2D eigenvalue weighted by molar-refractivity contribution is 5.98. The number of nitrogens with zero attached hydrogens (tertiary/aromatic N) is 2. The van der Waals surface area contributed by atoms with E-state index in [-0.39, 0.29) is 11.9 Å². The highest BCUT2D eigenvalue weighted by atomic mass is 19.1. The third-order valence-electron chi connectivity index (χ3n) is 3.24. The van der Waals surface area contributed by atoms with Crippen molar-refractivity contribution in [2.75, 3.05) is 0 Å². The molecule has 1 atom stereocenters. The van der Waals surface area contributed by atoms with Crippen LogP contribution in [0, 0.1) is 5.82 Å². The first kappa shape index (κ1) is 14.9. The topological polar surface area (TPSA) is 83.5 Å². The smallest absolute Gasteiger partial charge is 0.170 e. The molecule has 0 aliphatic heterocycles. The number of amidine groups is 1. The molecule has 0 bridgehead atoms. The highest BCUT2D eigenvalue weighted by Crippen LogP contribution is 2.15. The summed E-state index contributed by atoms with van der Waals surface area (Å²) in [5.41, 5.74) is 7.75. The van der Waals surface area contributed by atoms with Gasteiger partial charge in [-0.25, -0.2) is 4.39 Å². The number of halogens is 1. The van der Waals surface area contributed by atoms with E-state index >= 15 is 0 Å². The highest BCUT2D eigenvalue weighted by Gasteiger charge is 2.11. The van der Waals surface area contributed by atoms with Crippen LogP contribution in [-0.2, 0) is 6.54 Å². The average molecular weight is 288 g/mol. The summed E-state index contributed by atoms with van der Waals surface area (Å²) in [6.45, 7) is 2.46. The van der Waals surface area contributed by atoms with Crippen molar-refractivity contribution in [1.82, 2.24) is 10.3 Å². The molecule has 0 saturated heterocycles. The Hall–Kier alpha value is -2.47. The van der Waals surface area contributed by atoms with E-state index in [0.29, 0.717) is 12.1 Å². The van der Waals surface area contributed by atoms with Crippen LogP contribution in [0.4, 0.5) is 4.39 Å². The number of aromatic nitrogens is 1. The quantitative estimate of drug-likeness (QED) is 0.341. The number of pyridine rings is 1. The maximum Gasteiger partial charge on any atom is 0.170 e. The van der Waals surface area contributed by atoms with Gasteiger partial charge >= 0.3 is 0 Å². The van der Waals surface area contributed by atoms with Gasteiger partial charge in [-0.05, 0) is 36.2 Å². The normalized spacial score (nSPS) is 13.1. The molecule has 4 N–H and O–H groups in total. The molecule has 1 heterocycles. The minimum absolute atomic E-state index is 0.0730. The summed E-state index contributed by atoms with van der Waals surface area (Å²) in [5.74, 6) is -0.541. The second-order valence-corrected chi connectivity index (χ2v) is 4.68. The first-order valence-electron chi connectivity index (χ1n) is 6.51. The predicted octanol–water partition coefficient (Wildman–Crippen LogP) is 2.17. The van der Waals surface area contributed by atoms with Crippen LogP contribution in [0.5, 0.6) is 0 Å². The molecule has 5 nitrogen and oxygen atoms in total. The van der Waals surface area contributed by atoms with E-state index in [2.05, 4.69) is 15.5 Å². The summed E-state index contributed by atoms with van der Waals surface area (Å²) in [6.07, 6.45) is 3.50. The fourth-order valence-electron chi connectivity index (χ4n) is 2.01. The molecule has 0 aliphatic rings. The van der Waals surface area contributed by atoms with Crippen LogP contribution >= 0.6 is 0 Å². The molecule has 2 rings (SSSR count). The molecule has 0 spiro atoms. The lowest BCUT2D eigenvalue weighted by molar-refractivity contribution is 0.318. The standard InChI is InChI=1S/C15H17FN4O/c1-10(11-3-2-6-18-8-11)19-9-12-4-5-13(16)7-14(12)15(17)20-21/h2-8,10,19,21H,9H2,1H3,(H2,17,20)/t10-/m0/s1. The number of rotatable bonds is 5. The Labute approximate surface area is 122 Å². The van der Waals surface area contributed by atoms with Crippen molar-refractivity contribution in [2.45, 2.75) is 19.5 Å². The van der Waals surface area contributed by atoms with E-state index in [1.54, 1.807) is 18.5 Å². The number of nitrogens with two attached hydrogens (primary N) is 1. The van der Waals surface area contributed by atoms with Crippen molar-refractivity contribution in [3.05, 3.63) is 65.2 Å². The van der Waals surface area contributed by atoms with Crippen LogP contribution in [0.3, 0.4) is 0 Å². The van der Waals surface area contributed by atoms with Crippen molar-refractivity contribution in [2.24, 2.45) is 10.9 Å². The number of hydrogen-bond donors (Lipinski definition) is 3. The van der Waals surface area contributed by atoms with Crippen molar-refractivity contribution in [3.8, 4) is 0 Å². The van der Waals surface area contributed by atoms with Crippen LogP contribution in [0.15, 0.2) is 47.9 Å². The number of hydrogen-bond acceptors (Lipinski definition) is 4. The van der Waals surface area contributed by atoms with Crippen LogP contribution in [0.25, 0.3) is 0 Å². The first-order chi connectivity index (χ1) is 10.1. The lowest BCUT2D eigenvalue weighted by Crippen LogP contribution is -2.22. The third kappa shape index (κ3) is 3.76. The first-order valence-corrected chi connectivity index (χ1v) is 6.51. The molecule has 0 unspecified atom stereocenters. The SMILES string of the molecule is C[C@H](NCc1ccc(F)cc1/C(N)=N/O)c1cccnc1. The van der Waals surface area contributed by atoms with Crippen LogP contribution in [-0.4, -0.2) is 16.0 Å². The zero-order chi connectivity index (χ0) is 15.2. The molecular weight excluding hydrogens is 271 g/mol. The van der Waals surface area contributed by atoms with Crippen LogP contribution in [0.1, 0.15) is 29.7 Å². The van der Waals surface area contributed by atoms with E-state index in [9.17, 15) is 4.39 Å². The van der Waals surface area contributed by atoms with Crippen molar-refractivity contribution >= 4 is 5.84 Å². The molecule has 0 saturated carbocycles. The monoisotopic (exact) mass is 288 g/mol. The van der Waals surface area contributed by atoms with Gasteiger partial charge in [-0.15, -0.1) is 0 Å². The van der Waals surface area contributed by atoms with Crippen molar-refractivity contribution in [3.63, 3.8) is 0 Å². The third-order valence-corrected chi connectivity index (χ3v) is 3.24. The van der Waals surface area contributed by atoms with Gasteiger partial charge in [-0.3, -0.25) is 4.98 Å². The van der Waals surface area contributed by atoms with E-state index in [1.807, 2.05) is 19.1 Å². The molecule has 110 valence electrons. The Morgan fingerprint density at radius 1 is 1.48 bits per heavy atom. The summed E-state index contributed by atoms with van der Waals surface area (Å²) in [6, 6.07) is 8.13. The fraction of sp³-hybridized carbons (Fsp3) is 0.200. The minimum Gasteiger partial charge on any atom is -0.409 e. The summed E-state index contributed by atoms with van der Waals surface area (Å²) in [7, 11) is 0. The molecule has 1 aromatic carbocycles. The molecule has 0 fully saturated rings. The Bertz CT molecular complexity index is 631. The van der Waals surface area contributed by atoms with Gasteiger partial charge in [-0.2, -0.15) is 0 Å². The summed E-state index contributed by atoms with van der Waals surface area (Å²) < 4.78 is 13.3. The van der Waals surface area contributed by atoms with Crippen molar-refractivity contribution in [1.29, 1.82) is 0 Å². The van der Waals surface area contributed by atoms with Crippen LogP contribution < -0.4 is 11.1 Å². The van der Waals surface area contributed by atoms with E-state index in [1.165, 1.54) is 12.1 Å². The second kappa shape index (κ2) is 6.81. The van der Waals surface area contributed by atoms with Gasteiger partial charge in [0, 0.05) is 30.5 Å². The number of nitrogens with one attached hydrogen (secondary N) is 1. The minimum atomic E-state index is -0.430. The molecule has 0 radical (unpaired) electrons. The van der Waals surface area contributed by atoms with Crippen LogP contribution in [0.2, 0.25) is 0 Å². The lowest BCUT2D eigenvalue weighted by atomic mass is 10.1. The largest absolute Gasteiger partial charge is 0.409 e. The number of benzene rings is 1. The molecule has 2 aromatic rings. The van der Waals surface area contributed by atoms with Gasteiger partial charge in [0.05, 0.1) is 0 Å². The maximum atomic E-state index is 13.3. The van der Waals surface area contributed by atoms with Gasteiger partial charge < -0.3 is 16.3 Å². The maximum absolute atomic E-state index is 13.3. The lowest BCUT2D eigenvalue weighted by Gasteiger charge is -2.15. The van der Waals surface area contributed by atoms with Gasteiger partial charge in [0.15, 0.2) is 5.84 Å². The Balaban J connectivity index is 2.13. The Morgan fingerprint density at radius 3 is 2.95 bits per heavy atom. The molecule has 6 heteroatoms. The summed E-state index contributed by atoms with van der Waals surface area (Å²) >= 11 is 0. The van der Waals surface area contributed by atoms with Gasteiger partial charge in [0.25, 0.3) is 0 Å². The van der Waals surface area contributed by atoms with E-state index < -0.39 is 5.82 Å². The molecule has 1 aromatic heterocycles. The molecule has 21 heavy (non-hydrogen) atoms. The van der Waals surface area contributed by atoms with Gasteiger partial charge in [0.2, 0.25) is 0 Å². The van der Waals surface area contributed by atoms with E-state index in [4.69, 9.17) is 10.9 Å². The fourth-order valence-corrected chi connectivity index (χ4v) is 2.01. The Kier molecular flexibility index (Phi) is 4.84.